The summed E-state index contributed by atoms with van der Waals surface area (Å²) < 4.78 is 1.83. The molecule has 2 aromatic heterocycles. The molecule has 112 valence electrons. The number of aryl methyl sites for hydroxylation is 2. The summed E-state index contributed by atoms with van der Waals surface area (Å²) >= 11 is 0. The van der Waals surface area contributed by atoms with Gasteiger partial charge in [-0.25, -0.2) is 9.97 Å². The number of nitrogens with zero attached hydrogens (tertiary/aromatic N) is 5. The van der Waals surface area contributed by atoms with E-state index in [0.717, 1.165) is 24.4 Å². The van der Waals surface area contributed by atoms with Crippen molar-refractivity contribution < 1.29 is 4.79 Å². The molecule has 1 amide bonds. The molecule has 1 atom stereocenters. The summed E-state index contributed by atoms with van der Waals surface area (Å²) in [6.45, 7) is 6.72. The van der Waals surface area contributed by atoms with Gasteiger partial charge in [-0.1, -0.05) is 6.92 Å². The number of carbonyl (C=O) groups is 1. The zero-order chi connectivity index (χ0) is 15.4. The summed E-state index contributed by atoms with van der Waals surface area (Å²) in [7, 11) is 1.78. The van der Waals surface area contributed by atoms with Crippen LogP contribution in [0, 0.1) is 6.92 Å². The van der Waals surface area contributed by atoms with Crippen LogP contribution in [0.4, 0.5) is 0 Å². The Morgan fingerprint density at radius 3 is 2.86 bits per heavy atom. The predicted molar refractivity (Wildman–Crippen MR) is 79.8 cm³/mol. The third-order valence-electron chi connectivity index (χ3n) is 3.56. The average Bonchev–Trinajstić information content (AvgIpc) is 2.87. The van der Waals surface area contributed by atoms with E-state index in [1.807, 2.05) is 30.8 Å². The Hall–Kier alpha value is -2.24. The van der Waals surface area contributed by atoms with E-state index >= 15 is 0 Å². The first kappa shape index (κ1) is 15.2. The van der Waals surface area contributed by atoms with Crippen molar-refractivity contribution in [3.63, 3.8) is 0 Å². The van der Waals surface area contributed by atoms with E-state index in [0.29, 0.717) is 5.56 Å². The second kappa shape index (κ2) is 6.47. The summed E-state index contributed by atoms with van der Waals surface area (Å²) in [4.78, 5) is 22.4. The van der Waals surface area contributed by atoms with Gasteiger partial charge in [0.2, 0.25) is 0 Å². The summed E-state index contributed by atoms with van der Waals surface area (Å²) in [5, 5.41) is 4.38. The van der Waals surface area contributed by atoms with Gasteiger partial charge in [-0.15, -0.1) is 0 Å². The summed E-state index contributed by atoms with van der Waals surface area (Å²) in [6.07, 6.45) is 5.99. The molecule has 0 spiro atoms. The van der Waals surface area contributed by atoms with Crippen molar-refractivity contribution in [2.75, 3.05) is 7.05 Å². The molecule has 0 aliphatic carbocycles. The minimum Gasteiger partial charge on any atom is -0.333 e. The fourth-order valence-electron chi connectivity index (χ4n) is 2.18. The highest BCUT2D eigenvalue weighted by molar-refractivity contribution is 5.95. The van der Waals surface area contributed by atoms with Crippen molar-refractivity contribution in [1.82, 2.24) is 24.6 Å². The minimum atomic E-state index is -0.116. The maximum absolute atomic E-state index is 12.6. The van der Waals surface area contributed by atoms with E-state index < -0.39 is 0 Å². The zero-order valence-corrected chi connectivity index (χ0v) is 12.9. The van der Waals surface area contributed by atoms with Gasteiger partial charge in [-0.05, 0) is 26.3 Å². The smallest absolute Gasteiger partial charge is 0.257 e. The maximum Gasteiger partial charge on any atom is 0.257 e. The third kappa shape index (κ3) is 3.26. The highest BCUT2D eigenvalue weighted by Gasteiger charge is 2.22. The van der Waals surface area contributed by atoms with Gasteiger partial charge in [-0.3, -0.25) is 9.48 Å². The van der Waals surface area contributed by atoms with Gasteiger partial charge in [0.15, 0.2) is 0 Å². The maximum atomic E-state index is 12.6. The van der Waals surface area contributed by atoms with Gasteiger partial charge in [0.25, 0.3) is 5.91 Å². The molecule has 6 heteroatoms. The number of hydrogen-bond acceptors (Lipinski definition) is 4. The number of carbonyl (C=O) groups excluding carboxylic acids is 1. The third-order valence-corrected chi connectivity index (χ3v) is 3.56. The van der Waals surface area contributed by atoms with E-state index in [9.17, 15) is 4.79 Å². The van der Waals surface area contributed by atoms with Crippen molar-refractivity contribution in [2.24, 2.45) is 0 Å². The van der Waals surface area contributed by atoms with E-state index in [1.165, 1.54) is 6.33 Å². The molecule has 2 aromatic rings. The van der Waals surface area contributed by atoms with E-state index in [4.69, 9.17) is 0 Å². The highest BCUT2D eigenvalue weighted by atomic mass is 16.2. The Balaban J connectivity index is 2.19. The lowest BCUT2D eigenvalue weighted by atomic mass is 10.1. The molecule has 2 rings (SSSR count). The first-order valence-corrected chi connectivity index (χ1v) is 7.11. The Kier molecular flexibility index (Phi) is 4.67. The average molecular weight is 287 g/mol. The minimum absolute atomic E-state index is 0.0408. The van der Waals surface area contributed by atoms with Crippen molar-refractivity contribution in [1.29, 1.82) is 0 Å². The SMILES string of the molecule is CCCn1cc(C(=O)N(C)[C@H](C)c2ccncn2)c(C)n1. The lowest BCUT2D eigenvalue weighted by molar-refractivity contribution is 0.0739. The quantitative estimate of drug-likeness (QED) is 0.846. The van der Waals surface area contributed by atoms with Crippen LogP contribution in [0.15, 0.2) is 24.8 Å². The van der Waals surface area contributed by atoms with Crippen molar-refractivity contribution >= 4 is 5.91 Å². The van der Waals surface area contributed by atoms with Crippen molar-refractivity contribution in [2.45, 2.75) is 39.8 Å². The van der Waals surface area contributed by atoms with E-state index in [-0.39, 0.29) is 11.9 Å². The molecule has 0 aliphatic heterocycles. The Bertz CT molecular complexity index is 608. The molecular weight excluding hydrogens is 266 g/mol. The van der Waals surface area contributed by atoms with Crippen LogP contribution in [0.5, 0.6) is 0 Å². The molecule has 0 aromatic carbocycles. The van der Waals surface area contributed by atoms with Gasteiger partial charge >= 0.3 is 0 Å². The fourth-order valence-corrected chi connectivity index (χ4v) is 2.18. The van der Waals surface area contributed by atoms with Crippen LogP contribution >= 0.6 is 0 Å². The Labute approximate surface area is 124 Å². The predicted octanol–water partition coefficient (Wildman–Crippen LogP) is 2.22. The molecule has 0 N–H and O–H groups in total. The topological polar surface area (TPSA) is 63.9 Å². The number of rotatable bonds is 5. The largest absolute Gasteiger partial charge is 0.333 e. The second-order valence-corrected chi connectivity index (χ2v) is 5.12. The van der Waals surface area contributed by atoms with Crippen LogP contribution in [-0.2, 0) is 6.54 Å². The summed E-state index contributed by atoms with van der Waals surface area (Å²) in [5.41, 5.74) is 2.22. The monoisotopic (exact) mass is 287 g/mol. The molecule has 0 bridgehead atoms. The van der Waals surface area contributed by atoms with Crippen molar-refractivity contribution in [3.8, 4) is 0 Å². The van der Waals surface area contributed by atoms with Crippen LogP contribution in [0.25, 0.3) is 0 Å². The molecule has 0 saturated carbocycles. The normalized spacial score (nSPS) is 12.2. The van der Waals surface area contributed by atoms with Gasteiger partial charge in [0.1, 0.15) is 6.33 Å². The molecular formula is C15H21N5O. The fraction of sp³-hybridized carbons (Fsp3) is 0.467. The molecule has 0 radical (unpaired) electrons. The van der Waals surface area contributed by atoms with Gasteiger partial charge in [0.05, 0.1) is 23.0 Å². The van der Waals surface area contributed by atoms with Crippen LogP contribution in [0.3, 0.4) is 0 Å². The van der Waals surface area contributed by atoms with E-state index in [2.05, 4.69) is 22.0 Å². The van der Waals surface area contributed by atoms with Crippen LogP contribution < -0.4 is 0 Å². The molecule has 6 nitrogen and oxygen atoms in total. The number of amides is 1. The summed E-state index contributed by atoms with van der Waals surface area (Å²) in [6, 6.07) is 1.70. The molecule has 2 heterocycles. The van der Waals surface area contributed by atoms with Crippen LogP contribution in [-0.4, -0.2) is 37.6 Å². The van der Waals surface area contributed by atoms with Gasteiger partial charge in [-0.2, -0.15) is 5.10 Å². The standard InChI is InChI=1S/C15H21N5O/c1-5-8-20-9-13(11(2)18-20)15(21)19(4)12(3)14-6-7-16-10-17-14/h6-7,9-10,12H,5,8H2,1-4H3/t12-/m1/s1. The summed E-state index contributed by atoms with van der Waals surface area (Å²) in [5.74, 6) is -0.0408. The lowest BCUT2D eigenvalue weighted by Crippen LogP contribution is -2.30. The lowest BCUT2D eigenvalue weighted by Gasteiger charge is -2.24. The number of aromatic nitrogens is 4. The second-order valence-electron chi connectivity index (χ2n) is 5.12. The van der Waals surface area contributed by atoms with Crippen LogP contribution in [0.2, 0.25) is 0 Å². The van der Waals surface area contributed by atoms with Crippen LogP contribution in [0.1, 0.15) is 48.1 Å². The zero-order valence-electron chi connectivity index (χ0n) is 12.9. The molecule has 0 unspecified atom stereocenters. The molecule has 0 saturated heterocycles. The van der Waals surface area contributed by atoms with Gasteiger partial charge in [0, 0.05) is 26.0 Å². The Morgan fingerprint density at radius 1 is 1.48 bits per heavy atom. The first-order chi connectivity index (χ1) is 10.0. The highest BCUT2D eigenvalue weighted by Crippen LogP contribution is 2.19. The molecule has 21 heavy (non-hydrogen) atoms. The number of hydrogen-bond donors (Lipinski definition) is 0. The van der Waals surface area contributed by atoms with Gasteiger partial charge < -0.3 is 4.90 Å². The Morgan fingerprint density at radius 2 is 2.24 bits per heavy atom. The molecule has 0 aliphatic rings. The van der Waals surface area contributed by atoms with Crippen molar-refractivity contribution in [3.05, 3.63) is 41.7 Å². The van der Waals surface area contributed by atoms with E-state index in [1.54, 1.807) is 18.1 Å². The molecule has 0 fully saturated rings. The first-order valence-electron chi connectivity index (χ1n) is 7.11.